The zero-order valence-electron chi connectivity index (χ0n) is 11.0. The maximum atomic E-state index is 12.5. The number of rotatable bonds is 2. The van der Waals surface area contributed by atoms with Crippen LogP contribution in [-0.4, -0.2) is 16.1 Å². The summed E-state index contributed by atoms with van der Waals surface area (Å²) in [7, 11) is 0. The lowest BCUT2D eigenvalue weighted by Gasteiger charge is -2.13. The number of anilines is 1. The lowest BCUT2D eigenvalue weighted by Crippen LogP contribution is -2.30. The first-order chi connectivity index (χ1) is 10.1. The van der Waals surface area contributed by atoms with Gasteiger partial charge in [-0.1, -0.05) is 30.3 Å². The average Bonchev–Trinajstić information content (AvgIpc) is 2.74. The summed E-state index contributed by atoms with van der Waals surface area (Å²) in [6.45, 7) is 0. The van der Waals surface area contributed by atoms with Gasteiger partial charge in [-0.3, -0.25) is 9.69 Å². The van der Waals surface area contributed by atoms with Gasteiger partial charge in [0.05, 0.1) is 5.69 Å². The van der Waals surface area contributed by atoms with Gasteiger partial charge in [-0.2, -0.15) is 0 Å². The third kappa shape index (κ3) is 2.64. The van der Waals surface area contributed by atoms with Gasteiger partial charge in [0.2, 0.25) is 0 Å². The van der Waals surface area contributed by atoms with E-state index < -0.39 is 0 Å². The molecule has 0 unspecified atom stereocenters. The minimum atomic E-state index is -0.213. The molecule has 104 valence electrons. The van der Waals surface area contributed by atoms with Crippen LogP contribution >= 0.6 is 12.2 Å². The number of phenolic OH excluding ortho intramolecular Hbond substituents is 1. The van der Waals surface area contributed by atoms with E-state index in [1.807, 2.05) is 30.3 Å². The molecule has 2 aromatic rings. The summed E-state index contributed by atoms with van der Waals surface area (Å²) in [5.41, 5.74) is 1.83. The number of phenols is 1. The molecule has 3 rings (SSSR count). The van der Waals surface area contributed by atoms with Crippen LogP contribution in [0.15, 0.2) is 60.3 Å². The van der Waals surface area contributed by atoms with Crippen molar-refractivity contribution >= 4 is 35.0 Å². The summed E-state index contributed by atoms with van der Waals surface area (Å²) in [5, 5.41) is 12.7. The smallest absolute Gasteiger partial charge is 0.281 e. The highest BCUT2D eigenvalue weighted by atomic mass is 32.1. The fraction of sp³-hybridized carbons (Fsp3) is 0. The molecule has 1 amide bonds. The van der Waals surface area contributed by atoms with Crippen LogP contribution in [0.4, 0.5) is 5.69 Å². The van der Waals surface area contributed by atoms with Crippen LogP contribution in [0.25, 0.3) is 6.08 Å². The van der Waals surface area contributed by atoms with Crippen molar-refractivity contribution in [3.05, 3.63) is 65.9 Å². The molecule has 4 nitrogen and oxygen atoms in total. The number of para-hydroxylation sites is 1. The second kappa shape index (κ2) is 5.38. The van der Waals surface area contributed by atoms with Crippen molar-refractivity contribution in [2.75, 3.05) is 4.90 Å². The maximum Gasteiger partial charge on any atom is 0.281 e. The first-order valence-electron chi connectivity index (χ1n) is 6.36. The number of nitrogens with one attached hydrogen (secondary N) is 1. The number of aromatic hydroxyl groups is 1. The van der Waals surface area contributed by atoms with E-state index in [1.54, 1.807) is 30.3 Å². The summed E-state index contributed by atoms with van der Waals surface area (Å²) >= 11 is 5.22. The largest absolute Gasteiger partial charge is 0.508 e. The van der Waals surface area contributed by atoms with Gasteiger partial charge in [0.25, 0.3) is 5.91 Å². The number of thiocarbonyl (C=S) groups is 1. The first kappa shape index (κ1) is 13.3. The normalized spacial score (nSPS) is 16.4. The highest BCUT2D eigenvalue weighted by Crippen LogP contribution is 2.22. The number of carbonyl (C=O) groups excluding carboxylic acids is 1. The Balaban J connectivity index is 1.94. The quantitative estimate of drug-likeness (QED) is 0.661. The molecule has 21 heavy (non-hydrogen) atoms. The summed E-state index contributed by atoms with van der Waals surface area (Å²) < 4.78 is 0. The van der Waals surface area contributed by atoms with Gasteiger partial charge in [-0.15, -0.1) is 0 Å². The molecule has 1 fully saturated rings. The van der Waals surface area contributed by atoms with E-state index in [1.165, 1.54) is 4.90 Å². The maximum absolute atomic E-state index is 12.5. The van der Waals surface area contributed by atoms with E-state index in [0.29, 0.717) is 10.8 Å². The highest BCUT2D eigenvalue weighted by Gasteiger charge is 2.31. The van der Waals surface area contributed by atoms with Gasteiger partial charge in [0.15, 0.2) is 5.11 Å². The van der Waals surface area contributed by atoms with Crippen LogP contribution in [0.1, 0.15) is 5.56 Å². The van der Waals surface area contributed by atoms with Crippen molar-refractivity contribution in [1.29, 1.82) is 0 Å². The Morgan fingerprint density at radius 2 is 1.86 bits per heavy atom. The van der Waals surface area contributed by atoms with Gasteiger partial charge in [-0.05, 0) is 48.1 Å². The molecule has 0 bridgehead atoms. The molecule has 1 aliphatic heterocycles. The van der Waals surface area contributed by atoms with E-state index in [0.717, 1.165) is 11.3 Å². The van der Waals surface area contributed by atoms with Crippen molar-refractivity contribution in [3.8, 4) is 5.75 Å². The molecule has 5 heteroatoms. The molecule has 0 saturated carbocycles. The third-order valence-electron chi connectivity index (χ3n) is 3.07. The zero-order chi connectivity index (χ0) is 14.8. The van der Waals surface area contributed by atoms with Crippen molar-refractivity contribution in [2.24, 2.45) is 0 Å². The fourth-order valence-electron chi connectivity index (χ4n) is 2.13. The number of nitrogens with zero attached hydrogens (tertiary/aromatic N) is 1. The standard InChI is InChI=1S/C16H12N2O2S/c19-13-8-4-5-11(9-13)10-14-15(20)18(16(21)17-14)12-6-2-1-3-7-12/h1-10,19H,(H,17,21)/b14-10-. The molecular formula is C16H12N2O2S. The molecule has 1 saturated heterocycles. The van der Waals surface area contributed by atoms with Crippen LogP contribution in [0.3, 0.4) is 0 Å². The SMILES string of the molecule is O=C1/C(=C/c2cccc(O)c2)NC(=S)N1c1ccccc1. The van der Waals surface area contributed by atoms with Crippen LogP contribution in [0.5, 0.6) is 5.75 Å². The first-order valence-corrected chi connectivity index (χ1v) is 6.77. The second-order valence-electron chi connectivity index (χ2n) is 4.56. The van der Waals surface area contributed by atoms with Crippen LogP contribution in [0, 0.1) is 0 Å². The number of benzene rings is 2. The molecule has 1 heterocycles. The van der Waals surface area contributed by atoms with Crippen LogP contribution in [0.2, 0.25) is 0 Å². The molecule has 1 aliphatic rings. The van der Waals surface area contributed by atoms with E-state index >= 15 is 0 Å². The summed E-state index contributed by atoms with van der Waals surface area (Å²) in [6, 6.07) is 15.9. The molecule has 2 aromatic carbocycles. The summed E-state index contributed by atoms with van der Waals surface area (Å²) in [4.78, 5) is 13.9. The van der Waals surface area contributed by atoms with Gasteiger partial charge >= 0.3 is 0 Å². The van der Waals surface area contributed by atoms with E-state index in [-0.39, 0.29) is 11.7 Å². The molecule has 0 aliphatic carbocycles. The fourth-order valence-corrected chi connectivity index (χ4v) is 2.43. The Kier molecular flexibility index (Phi) is 3.41. The van der Waals surface area contributed by atoms with Crippen LogP contribution < -0.4 is 10.2 Å². The van der Waals surface area contributed by atoms with E-state index in [4.69, 9.17) is 12.2 Å². The Labute approximate surface area is 127 Å². The number of amides is 1. The van der Waals surface area contributed by atoms with Gasteiger partial charge < -0.3 is 10.4 Å². The molecule has 0 radical (unpaired) electrons. The molecule has 2 N–H and O–H groups in total. The third-order valence-corrected chi connectivity index (χ3v) is 3.36. The Morgan fingerprint density at radius 3 is 2.57 bits per heavy atom. The van der Waals surface area contributed by atoms with Gasteiger partial charge in [0.1, 0.15) is 11.4 Å². The average molecular weight is 296 g/mol. The second-order valence-corrected chi connectivity index (χ2v) is 4.95. The predicted octanol–water partition coefficient (Wildman–Crippen LogP) is 2.65. The van der Waals surface area contributed by atoms with Crippen molar-refractivity contribution < 1.29 is 9.90 Å². The highest BCUT2D eigenvalue weighted by molar-refractivity contribution is 7.80. The van der Waals surface area contributed by atoms with E-state index in [2.05, 4.69) is 5.32 Å². The topological polar surface area (TPSA) is 52.6 Å². The monoisotopic (exact) mass is 296 g/mol. The minimum Gasteiger partial charge on any atom is -0.508 e. The predicted molar refractivity (Wildman–Crippen MR) is 85.7 cm³/mol. The Hall–Kier alpha value is -2.66. The van der Waals surface area contributed by atoms with Crippen LogP contribution in [-0.2, 0) is 4.79 Å². The number of hydrogen-bond acceptors (Lipinski definition) is 3. The molecule has 0 atom stereocenters. The number of carbonyl (C=O) groups is 1. The Bertz CT molecular complexity index is 741. The molecular weight excluding hydrogens is 284 g/mol. The van der Waals surface area contributed by atoms with Gasteiger partial charge in [0, 0.05) is 0 Å². The van der Waals surface area contributed by atoms with Crippen molar-refractivity contribution in [2.45, 2.75) is 0 Å². The minimum absolute atomic E-state index is 0.150. The van der Waals surface area contributed by atoms with Crippen molar-refractivity contribution in [3.63, 3.8) is 0 Å². The van der Waals surface area contributed by atoms with Gasteiger partial charge in [-0.25, -0.2) is 0 Å². The Morgan fingerprint density at radius 1 is 1.10 bits per heavy atom. The summed E-state index contributed by atoms with van der Waals surface area (Å²) in [6.07, 6.45) is 1.66. The molecule has 0 spiro atoms. The van der Waals surface area contributed by atoms with E-state index in [9.17, 15) is 9.90 Å². The molecule has 0 aromatic heterocycles. The lowest BCUT2D eigenvalue weighted by atomic mass is 10.2. The lowest BCUT2D eigenvalue weighted by molar-refractivity contribution is -0.113. The zero-order valence-corrected chi connectivity index (χ0v) is 11.8. The summed E-state index contributed by atoms with van der Waals surface area (Å²) in [5.74, 6) is -0.0631. The van der Waals surface area contributed by atoms with Crippen molar-refractivity contribution in [1.82, 2.24) is 5.32 Å². The number of hydrogen-bond donors (Lipinski definition) is 2.